The van der Waals surface area contributed by atoms with Crippen molar-refractivity contribution in [3.63, 3.8) is 0 Å². The predicted octanol–water partition coefficient (Wildman–Crippen LogP) is 4.76. The summed E-state index contributed by atoms with van der Waals surface area (Å²) < 4.78 is 6.77. The number of rotatable bonds is 7. The van der Waals surface area contributed by atoms with Gasteiger partial charge in [-0.25, -0.2) is 4.98 Å². The lowest BCUT2D eigenvalue weighted by Gasteiger charge is -2.18. The minimum Gasteiger partial charge on any atom is -0.494 e. The first-order chi connectivity index (χ1) is 12.7. The van der Waals surface area contributed by atoms with Crippen molar-refractivity contribution in [1.29, 1.82) is 0 Å². The topological polar surface area (TPSA) is 42.4 Å². The quantitative estimate of drug-likeness (QED) is 0.449. The van der Waals surface area contributed by atoms with E-state index >= 15 is 0 Å². The first-order valence-corrected chi connectivity index (χ1v) is 9.34. The van der Waals surface area contributed by atoms with Crippen molar-refractivity contribution in [2.24, 2.45) is 0 Å². The summed E-state index contributed by atoms with van der Waals surface area (Å²) in [5.41, 5.74) is 4.13. The van der Waals surface area contributed by atoms with Gasteiger partial charge in [-0.3, -0.25) is 4.79 Å². The van der Waals surface area contributed by atoms with Crippen LogP contribution in [0.25, 0.3) is 10.2 Å². The van der Waals surface area contributed by atoms with Gasteiger partial charge in [0.2, 0.25) is 0 Å². The van der Waals surface area contributed by atoms with Crippen molar-refractivity contribution in [2.75, 3.05) is 18.6 Å². The normalized spacial score (nSPS) is 10.5. The van der Waals surface area contributed by atoms with Gasteiger partial charge in [-0.15, -0.1) is 23.7 Å². The molecule has 132 valence electrons. The maximum atomic E-state index is 12.8. The Morgan fingerprint density at radius 3 is 3.00 bits per heavy atom. The molecular weight excluding hydrogens is 344 g/mol. The number of ether oxygens (including phenoxy) is 1. The number of unbranched alkanes of at least 4 members (excludes halogenated alkanes) is 2. The summed E-state index contributed by atoms with van der Waals surface area (Å²) in [5.74, 6) is 3.31. The summed E-state index contributed by atoms with van der Waals surface area (Å²) in [6.45, 7) is 0.616. The highest BCUT2D eigenvalue weighted by atomic mass is 32.1. The van der Waals surface area contributed by atoms with Gasteiger partial charge in [0.05, 0.1) is 22.3 Å². The van der Waals surface area contributed by atoms with E-state index in [4.69, 9.17) is 11.2 Å². The largest absolute Gasteiger partial charge is 0.494 e. The zero-order chi connectivity index (χ0) is 18.4. The molecule has 2 aromatic carbocycles. The summed E-state index contributed by atoms with van der Waals surface area (Å²) in [6.07, 6.45) is 7.88. The van der Waals surface area contributed by atoms with E-state index < -0.39 is 0 Å². The molecule has 0 aliphatic rings. The molecule has 0 N–H and O–H groups in total. The summed E-state index contributed by atoms with van der Waals surface area (Å²) in [4.78, 5) is 18.7. The molecule has 0 radical (unpaired) electrons. The number of carbonyl (C=O) groups is 1. The van der Waals surface area contributed by atoms with Crippen molar-refractivity contribution in [3.05, 3.63) is 53.5 Å². The second-order valence-corrected chi connectivity index (χ2v) is 6.79. The molecule has 0 spiro atoms. The lowest BCUT2D eigenvalue weighted by molar-refractivity contribution is 0.0993. The third-order valence-electron chi connectivity index (χ3n) is 4.07. The van der Waals surface area contributed by atoms with Gasteiger partial charge in [-0.1, -0.05) is 6.07 Å². The molecule has 26 heavy (non-hydrogen) atoms. The van der Waals surface area contributed by atoms with Crippen LogP contribution in [0, 0.1) is 12.3 Å². The Balaban J connectivity index is 1.68. The summed E-state index contributed by atoms with van der Waals surface area (Å²) in [6, 6.07) is 13.1. The number of carbonyl (C=O) groups excluding carboxylic acids is 1. The highest BCUT2D eigenvalue weighted by molar-refractivity contribution is 7.16. The van der Waals surface area contributed by atoms with E-state index in [1.165, 1.54) is 11.3 Å². The van der Waals surface area contributed by atoms with Crippen molar-refractivity contribution in [3.8, 4) is 18.1 Å². The smallest absolute Gasteiger partial charge is 0.258 e. The Morgan fingerprint density at radius 1 is 1.27 bits per heavy atom. The SMILES string of the molecule is C#CCCCCOc1cccc(N(C)C(=O)c2ccc3ncsc3c2)c1. The van der Waals surface area contributed by atoms with E-state index in [-0.39, 0.29) is 5.91 Å². The maximum Gasteiger partial charge on any atom is 0.258 e. The third kappa shape index (κ3) is 4.22. The van der Waals surface area contributed by atoms with E-state index in [0.717, 1.165) is 40.9 Å². The molecule has 0 saturated heterocycles. The van der Waals surface area contributed by atoms with E-state index in [0.29, 0.717) is 12.2 Å². The number of amides is 1. The first kappa shape index (κ1) is 18.0. The minimum atomic E-state index is -0.0635. The molecule has 0 unspecified atom stereocenters. The Labute approximate surface area is 157 Å². The van der Waals surface area contributed by atoms with Crippen LogP contribution in [-0.4, -0.2) is 24.5 Å². The molecule has 1 amide bonds. The molecule has 0 atom stereocenters. The van der Waals surface area contributed by atoms with Crippen LogP contribution in [0.3, 0.4) is 0 Å². The molecule has 3 aromatic rings. The first-order valence-electron chi connectivity index (χ1n) is 8.46. The van der Waals surface area contributed by atoms with Crippen LogP contribution in [-0.2, 0) is 0 Å². The molecule has 1 aromatic heterocycles. The van der Waals surface area contributed by atoms with Gasteiger partial charge >= 0.3 is 0 Å². The monoisotopic (exact) mass is 364 g/mol. The number of hydrogen-bond donors (Lipinski definition) is 0. The molecule has 1 heterocycles. The van der Waals surface area contributed by atoms with Gasteiger partial charge < -0.3 is 9.64 Å². The molecule has 0 aliphatic heterocycles. The third-order valence-corrected chi connectivity index (χ3v) is 4.86. The molecule has 4 nitrogen and oxygen atoms in total. The van der Waals surface area contributed by atoms with Gasteiger partial charge in [0.25, 0.3) is 5.91 Å². The second kappa shape index (κ2) is 8.50. The fraction of sp³-hybridized carbons (Fsp3) is 0.238. The van der Waals surface area contributed by atoms with Crippen LogP contribution in [0.4, 0.5) is 5.69 Å². The fourth-order valence-electron chi connectivity index (χ4n) is 2.60. The number of thiazole rings is 1. The van der Waals surface area contributed by atoms with Crippen LogP contribution >= 0.6 is 11.3 Å². The lowest BCUT2D eigenvalue weighted by atomic mass is 10.1. The van der Waals surface area contributed by atoms with Crippen LogP contribution in [0.1, 0.15) is 29.6 Å². The molecule has 5 heteroatoms. The maximum absolute atomic E-state index is 12.8. The molecular formula is C21H20N2O2S. The average Bonchev–Trinajstić information content (AvgIpc) is 3.14. The highest BCUT2D eigenvalue weighted by Gasteiger charge is 2.15. The van der Waals surface area contributed by atoms with Crippen LogP contribution in [0.2, 0.25) is 0 Å². The minimum absolute atomic E-state index is 0.0635. The van der Waals surface area contributed by atoms with Gasteiger partial charge in [0.1, 0.15) is 5.75 Å². The Morgan fingerprint density at radius 2 is 2.15 bits per heavy atom. The van der Waals surface area contributed by atoms with Crippen molar-refractivity contribution in [1.82, 2.24) is 4.98 Å². The van der Waals surface area contributed by atoms with Crippen molar-refractivity contribution < 1.29 is 9.53 Å². The van der Waals surface area contributed by atoms with Crippen molar-refractivity contribution in [2.45, 2.75) is 19.3 Å². The van der Waals surface area contributed by atoms with Crippen LogP contribution < -0.4 is 9.64 Å². The summed E-state index contributed by atoms with van der Waals surface area (Å²) >= 11 is 1.53. The number of aromatic nitrogens is 1. The van der Waals surface area contributed by atoms with E-state index in [2.05, 4.69) is 10.9 Å². The average molecular weight is 364 g/mol. The Bertz CT molecular complexity index is 942. The van der Waals surface area contributed by atoms with Crippen molar-refractivity contribution >= 4 is 33.1 Å². The van der Waals surface area contributed by atoms with E-state index in [1.807, 2.05) is 42.5 Å². The molecule has 3 rings (SSSR count). The van der Waals surface area contributed by atoms with E-state index in [9.17, 15) is 4.79 Å². The zero-order valence-electron chi connectivity index (χ0n) is 14.6. The Hall–Kier alpha value is -2.84. The van der Waals surface area contributed by atoms with Gasteiger partial charge in [-0.05, 0) is 43.2 Å². The van der Waals surface area contributed by atoms with E-state index in [1.54, 1.807) is 17.5 Å². The Kier molecular flexibility index (Phi) is 5.88. The highest BCUT2D eigenvalue weighted by Crippen LogP contribution is 2.24. The molecule has 0 fully saturated rings. The van der Waals surface area contributed by atoms with Crippen LogP contribution in [0.15, 0.2) is 48.0 Å². The molecule has 0 saturated carbocycles. The van der Waals surface area contributed by atoms with Gasteiger partial charge in [0.15, 0.2) is 0 Å². The summed E-state index contributed by atoms with van der Waals surface area (Å²) in [7, 11) is 1.77. The second-order valence-electron chi connectivity index (χ2n) is 5.91. The predicted molar refractivity (Wildman–Crippen MR) is 107 cm³/mol. The van der Waals surface area contributed by atoms with Gasteiger partial charge in [0, 0.05) is 30.8 Å². The number of anilines is 1. The standard InChI is InChI=1S/C21H20N2O2S/c1-3-4-5-6-12-25-18-9-7-8-17(14-18)23(2)21(24)16-10-11-19-20(13-16)26-15-22-19/h1,7-11,13-15H,4-6,12H2,2H3. The summed E-state index contributed by atoms with van der Waals surface area (Å²) in [5, 5.41) is 0. The van der Waals surface area contributed by atoms with Crippen LogP contribution in [0.5, 0.6) is 5.75 Å². The number of nitrogens with zero attached hydrogens (tertiary/aromatic N) is 2. The lowest BCUT2D eigenvalue weighted by Crippen LogP contribution is -2.26. The number of terminal acetylenes is 1. The molecule has 0 bridgehead atoms. The number of fused-ring (bicyclic) bond motifs is 1. The zero-order valence-corrected chi connectivity index (χ0v) is 15.5. The number of hydrogen-bond acceptors (Lipinski definition) is 4. The number of benzene rings is 2. The van der Waals surface area contributed by atoms with Gasteiger partial charge in [-0.2, -0.15) is 0 Å². The fourth-order valence-corrected chi connectivity index (χ4v) is 3.32. The molecule has 0 aliphatic carbocycles.